The maximum atomic E-state index is 12.1. The predicted molar refractivity (Wildman–Crippen MR) is 82.4 cm³/mol. The molecule has 0 saturated heterocycles. The molecule has 0 aliphatic rings. The highest BCUT2D eigenvalue weighted by Gasteiger charge is 2.17. The van der Waals surface area contributed by atoms with E-state index in [0.717, 1.165) is 27.0 Å². The molecule has 0 aliphatic heterocycles. The van der Waals surface area contributed by atoms with Crippen LogP contribution in [0.3, 0.4) is 0 Å². The molecule has 0 bridgehead atoms. The summed E-state index contributed by atoms with van der Waals surface area (Å²) in [5.41, 5.74) is 3.40. The molecule has 0 aliphatic carbocycles. The number of aromatic amines is 1. The highest BCUT2D eigenvalue weighted by molar-refractivity contribution is 9.10. The number of hydrogen-bond acceptors (Lipinski definition) is 2. The van der Waals surface area contributed by atoms with Gasteiger partial charge < -0.3 is 14.1 Å². The van der Waals surface area contributed by atoms with Crippen molar-refractivity contribution in [2.24, 2.45) is 0 Å². The average molecular weight is 333 g/mol. The topological polar surface area (TPSA) is 46.5 Å². The van der Waals surface area contributed by atoms with Gasteiger partial charge in [-0.25, -0.2) is 0 Å². The zero-order chi connectivity index (χ0) is 14.3. The van der Waals surface area contributed by atoms with Gasteiger partial charge in [0, 0.05) is 28.1 Å². The zero-order valence-corrected chi connectivity index (χ0v) is 12.7. The lowest BCUT2D eigenvalue weighted by Crippen LogP contribution is -2.08. The Labute approximate surface area is 124 Å². The van der Waals surface area contributed by atoms with Gasteiger partial charge >= 0.3 is 0 Å². The number of H-pyrrole nitrogens is 1. The second kappa shape index (κ2) is 4.83. The normalized spacial score (nSPS) is 10.9. The summed E-state index contributed by atoms with van der Waals surface area (Å²) in [5.74, 6) is 0.791. The first-order valence-electron chi connectivity index (χ1n) is 6.15. The van der Waals surface area contributed by atoms with Crippen LogP contribution in [0.15, 0.2) is 45.9 Å². The zero-order valence-electron chi connectivity index (χ0n) is 11.1. The monoisotopic (exact) mass is 332 g/mol. The number of aryl methyl sites for hydroxylation is 1. The summed E-state index contributed by atoms with van der Waals surface area (Å²) in [4.78, 5) is 14.9. The van der Waals surface area contributed by atoms with Crippen molar-refractivity contribution in [3.05, 3.63) is 57.2 Å². The van der Waals surface area contributed by atoms with Crippen LogP contribution in [0.25, 0.3) is 16.6 Å². The third kappa shape index (κ3) is 1.86. The van der Waals surface area contributed by atoms with Gasteiger partial charge in [0.1, 0.15) is 11.3 Å². The Hall–Kier alpha value is -2.01. The summed E-state index contributed by atoms with van der Waals surface area (Å²) in [5, 5.41) is 0. The Bertz CT molecular complexity index is 831. The van der Waals surface area contributed by atoms with E-state index in [9.17, 15) is 4.79 Å². The number of benzene rings is 1. The molecule has 4 nitrogen and oxygen atoms in total. The average Bonchev–Trinajstić information content (AvgIpc) is 2.73. The molecule has 0 atom stereocenters. The number of ether oxygens (including phenoxy) is 1. The van der Waals surface area contributed by atoms with Gasteiger partial charge in [-0.3, -0.25) is 4.79 Å². The lowest BCUT2D eigenvalue weighted by Gasteiger charge is -2.03. The molecule has 0 spiro atoms. The third-order valence-corrected chi connectivity index (χ3v) is 4.38. The molecule has 0 amide bonds. The molecule has 3 aromatic rings. The third-order valence-electron chi connectivity index (χ3n) is 3.41. The van der Waals surface area contributed by atoms with E-state index in [0.29, 0.717) is 5.52 Å². The van der Waals surface area contributed by atoms with Crippen molar-refractivity contribution >= 4 is 21.4 Å². The quantitative estimate of drug-likeness (QED) is 0.782. The van der Waals surface area contributed by atoms with Crippen LogP contribution in [-0.4, -0.2) is 16.5 Å². The number of fused-ring (bicyclic) bond motifs is 1. The van der Waals surface area contributed by atoms with Crippen LogP contribution in [0.2, 0.25) is 0 Å². The summed E-state index contributed by atoms with van der Waals surface area (Å²) < 4.78 is 7.99. The smallest absolute Gasteiger partial charge is 0.272 e. The minimum absolute atomic E-state index is 0.105. The van der Waals surface area contributed by atoms with E-state index in [-0.39, 0.29) is 5.56 Å². The minimum atomic E-state index is -0.105. The fourth-order valence-electron chi connectivity index (χ4n) is 2.37. The lowest BCUT2D eigenvalue weighted by molar-refractivity contribution is 0.415. The van der Waals surface area contributed by atoms with E-state index in [1.165, 1.54) is 0 Å². The van der Waals surface area contributed by atoms with Gasteiger partial charge in [-0.2, -0.15) is 0 Å². The molecule has 2 aromatic heterocycles. The van der Waals surface area contributed by atoms with Crippen molar-refractivity contribution in [3.8, 4) is 16.9 Å². The molecule has 3 rings (SSSR count). The lowest BCUT2D eigenvalue weighted by atomic mass is 10.1. The van der Waals surface area contributed by atoms with Gasteiger partial charge in [-0.05, 0) is 40.5 Å². The molecule has 1 N–H and O–H groups in total. The minimum Gasteiger partial charge on any atom is -0.497 e. The van der Waals surface area contributed by atoms with Gasteiger partial charge in [0.2, 0.25) is 0 Å². The van der Waals surface area contributed by atoms with Crippen LogP contribution in [0.4, 0.5) is 0 Å². The molecule has 102 valence electrons. The Morgan fingerprint density at radius 1 is 1.25 bits per heavy atom. The fourth-order valence-corrected chi connectivity index (χ4v) is 2.97. The molecule has 0 radical (unpaired) electrons. The second-order valence-electron chi connectivity index (χ2n) is 4.51. The summed E-state index contributed by atoms with van der Waals surface area (Å²) in [7, 11) is 1.63. The number of hydrogen-bond donors (Lipinski definition) is 1. The van der Waals surface area contributed by atoms with Crippen molar-refractivity contribution in [3.63, 3.8) is 0 Å². The first-order valence-corrected chi connectivity index (χ1v) is 6.95. The van der Waals surface area contributed by atoms with E-state index in [1.54, 1.807) is 13.3 Å². The van der Waals surface area contributed by atoms with E-state index in [4.69, 9.17) is 4.74 Å². The van der Waals surface area contributed by atoms with E-state index in [1.807, 2.05) is 41.8 Å². The number of aromatic nitrogens is 2. The van der Waals surface area contributed by atoms with Crippen LogP contribution in [-0.2, 0) is 0 Å². The van der Waals surface area contributed by atoms with Crippen LogP contribution in [0.1, 0.15) is 5.69 Å². The fraction of sp³-hybridized carbons (Fsp3) is 0.133. The van der Waals surface area contributed by atoms with Crippen molar-refractivity contribution in [1.82, 2.24) is 9.38 Å². The Balaban J connectivity index is 2.35. The molecular weight excluding hydrogens is 320 g/mol. The molecule has 0 unspecified atom stereocenters. The summed E-state index contributed by atoms with van der Waals surface area (Å²) in [6, 6.07) is 7.67. The van der Waals surface area contributed by atoms with Crippen LogP contribution in [0, 0.1) is 6.92 Å². The predicted octanol–water partition coefficient (Wildman–Crippen LogP) is 3.37. The second-order valence-corrected chi connectivity index (χ2v) is 5.30. The van der Waals surface area contributed by atoms with Gasteiger partial charge in [-0.15, -0.1) is 0 Å². The molecule has 0 fully saturated rings. The van der Waals surface area contributed by atoms with Gasteiger partial charge in [-0.1, -0.05) is 12.1 Å². The number of methoxy groups -OCH3 is 1. The van der Waals surface area contributed by atoms with Gasteiger partial charge in [0.05, 0.1) is 7.11 Å². The molecular formula is C15H13BrN2O2. The Morgan fingerprint density at radius 3 is 2.60 bits per heavy atom. The van der Waals surface area contributed by atoms with Gasteiger partial charge in [0.25, 0.3) is 5.56 Å². The number of nitrogens with zero attached hydrogens (tertiary/aromatic N) is 1. The highest BCUT2D eigenvalue weighted by atomic mass is 79.9. The first-order chi connectivity index (χ1) is 9.63. The molecule has 20 heavy (non-hydrogen) atoms. The van der Waals surface area contributed by atoms with Crippen molar-refractivity contribution in [2.75, 3.05) is 7.11 Å². The van der Waals surface area contributed by atoms with Gasteiger partial charge in [0.15, 0.2) is 0 Å². The number of rotatable bonds is 2. The Morgan fingerprint density at radius 2 is 1.95 bits per heavy atom. The summed E-state index contributed by atoms with van der Waals surface area (Å²) >= 11 is 3.60. The van der Waals surface area contributed by atoms with Crippen molar-refractivity contribution in [2.45, 2.75) is 6.92 Å². The van der Waals surface area contributed by atoms with E-state index in [2.05, 4.69) is 20.9 Å². The summed E-state index contributed by atoms with van der Waals surface area (Å²) in [6.07, 6.45) is 3.50. The standard InChI is InChI=1S/C15H13BrN2O2/c1-9-13(16)12(10-3-5-11(20-2)6-4-10)14-15(19)17-7-8-18(9)14/h3-8H,1-2H3,(H,17,19). The van der Waals surface area contributed by atoms with Crippen LogP contribution < -0.4 is 10.3 Å². The molecule has 1 aromatic carbocycles. The largest absolute Gasteiger partial charge is 0.497 e. The number of nitrogens with one attached hydrogen (secondary N) is 1. The maximum absolute atomic E-state index is 12.1. The molecule has 2 heterocycles. The maximum Gasteiger partial charge on any atom is 0.272 e. The molecule has 5 heteroatoms. The highest BCUT2D eigenvalue weighted by Crippen LogP contribution is 2.35. The first kappa shape index (κ1) is 13.0. The van der Waals surface area contributed by atoms with E-state index >= 15 is 0 Å². The Kier molecular flexibility index (Phi) is 3.14. The van der Waals surface area contributed by atoms with E-state index < -0.39 is 0 Å². The van der Waals surface area contributed by atoms with Crippen LogP contribution in [0.5, 0.6) is 5.75 Å². The SMILES string of the molecule is COc1ccc(-c2c(Br)c(C)n3cc[nH]c(=O)c23)cc1. The van der Waals surface area contributed by atoms with Crippen LogP contribution >= 0.6 is 15.9 Å². The van der Waals surface area contributed by atoms with Crippen molar-refractivity contribution < 1.29 is 4.74 Å². The molecule has 0 saturated carbocycles. The van der Waals surface area contributed by atoms with Crippen molar-refractivity contribution in [1.29, 1.82) is 0 Å². The summed E-state index contributed by atoms with van der Waals surface area (Å²) in [6.45, 7) is 1.98. The number of halogens is 1.